The number of amides is 1. The number of ether oxygens (including phenoxy) is 1. The Morgan fingerprint density at radius 1 is 1.58 bits per heavy atom. The first-order chi connectivity index (χ1) is 9.10. The van der Waals surface area contributed by atoms with Crippen LogP contribution in [0, 0.1) is 0 Å². The van der Waals surface area contributed by atoms with Crippen LogP contribution < -0.4 is 16.4 Å². The largest absolute Gasteiger partial charge is 0.462 e. The molecule has 1 aliphatic rings. The van der Waals surface area contributed by atoms with Crippen molar-refractivity contribution in [2.75, 3.05) is 24.2 Å². The molecule has 1 fully saturated rings. The predicted molar refractivity (Wildman–Crippen MR) is 71.8 cm³/mol. The van der Waals surface area contributed by atoms with Crippen LogP contribution in [0.1, 0.15) is 23.7 Å². The fourth-order valence-corrected chi connectivity index (χ4v) is 1.95. The van der Waals surface area contributed by atoms with Gasteiger partial charge in [-0.25, -0.2) is 4.79 Å². The molecule has 1 amide bonds. The fraction of sp³-hybridized carbons (Fsp3) is 0.385. The Morgan fingerprint density at radius 3 is 3.00 bits per heavy atom. The third-order valence-electron chi connectivity index (χ3n) is 2.90. The van der Waals surface area contributed by atoms with Crippen LogP contribution in [0.15, 0.2) is 18.2 Å². The van der Waals surface area contributed by atoms with Crippen LogP contribution in [0.2, 0.25) is 0 Å². The monoisotopic (exact) mass is 263 g/mol. The third-order valence-corrected chi connectivity index (χ3v) is 2.90. The van der Waals surface area contributed by atoms with E-state index in [1.165, 1.54) is 0 Å². The summed E-state index contributed by atoms with van der Waals surface area (Å²) in [6.07, 6.45) is 0.406. The molecule has 1 aromatic carbocycles. The van der Waals surface area contributed by atoms with E-state index in [0.717, 1.165) is 0 Å². The maximum atomic E-state index is 11.6. The Morgan fingerprint density at radius 2 is 2.37 bits per heavy atom. The maximum absolute atomic E-state index is 11.6. The van der Waals surface area contributed by atoms with Crippen LogP contribution in [0.25, 0.3) is 0 Å². The number of nitrogens with two attached hydrogens (primary N) is 1. The Labute approximate surface area is 111 Å². The molecule has 0 bridgehead atoms. The molecule has 0 aromatic heterocycles. The lowest BCUT2D eigenvalue weighted by molar-refractivity contribution is -0.119. The van der Waals surface area contributed by atoms with Gasteiger partial charge in [0.15, 0.2) is 0 Å². The summed E-state index contributed by atoms with van der Waals surface area (Å²) in [7, 11) is 0. The van der Waals surface area contributed by atoms with Gasteiger partial charge in [0.25, 0.3) is 0 Å². The summed E-state index contributed by atoms with van der Waals surface area (Å²) in [5, 5.41) is 5.89. The van der Waals surface area contributed by atoms with Crippen molar-refractivity contribution < 1.29 is 14.3 Å². The molecule has 0 radical (unpaired) electrons. The first-order valence-electron chi connectivity index (χ1n) is 6.20. The molecular formula is C13H17N3O3. The molecule has 0 saturated carbocycles. The highest BCUT2D eigenvalue weighted by Crippen LogP contribution is 2.22. The van der Waals surface area contributed by atoms with Gasteiger partial charge >= 0.3 is 5.97 Å². The minimum absolute atomic E-state index is 0.00718. The molecule has 1 aliphatic heterocycles. The number of esters is 1. The first-order valence-corrected chi connectivity index (χ1v) is 6.20. The number of carbonyl (C=O) groups is 2. The predicted octanol–water partition coefficient (Wildman–Crippen LogP) is 0.746. The van der Waals surface area contributed by atoms with Crippen molar-refractivity contribution in [2.45, 2.75) is 19.4 Å². The van der Waals surface area contributed by atoms with E-state index in [2.05, 4.69) is 10.6 Å². The molecule has 2 rings (SSSR count). The number of nitrogen functional groups attached to an aromatic ring is 1. The van der Waals surface area contributed by atoms with Crippen molar-refractivity contribution in [3.8, 4) is 0 Å². The average Bonchev–Trinajstić information content (AvgIpc) is 2.78. The lowest BCUT2D eigenvalue weighted by Gasteiger charge is -2.15. The zero-order valence-corrected chi connectivity index (χ0v) is 10.7. The Kier molecular flexibility index (Phi) is 3.89. The molecule has 1 atom stereocenters. The van der Waals surface area contributed by atoms with Crippen molar-refractivity contribution in [1.82, 2.24) is 5.32 Å². The van der Waals surface area contributed by atoms with Crippen LogP contribution in [-0.2, 0) is 9.53 Å². The number of rotatable bonds is 4. The van der Waals surface area contributed by atoms with Crippen LogP contribution >= 0.6 is 0 Å². The summed E-state index contributed by atoms with van der Waals surface area (Å²) >= 11 is 0. The molecule has 1 unspecified atom stereocenters. The zero-order valence-electron chi connectivity index (χ0n) is 10.7. The van der Waals surface area contributed by atoms with E-state index in [1.807, 2.05) is 0 Å². The second kappa shape index (κ2) is 5.60. The highest BCUT2D eigenvalue weighted by Gasteiger charge is 2.22. The van der Waals surface area contributed by atoms with Crippen LogP contribution in [0.3, 0.4) is 0 Å². The van der Waals surface area contributed by atoms with Gasteiger partial charge in [0.05, 0.1) is 29.6 Å². The molecule has 4 N–H and O–H groups in total. The number of carbonyl (C=O) groups excluding carboxylic acids is 2. The molecule has 6 heteroatoms. The molecule has 1 aromatic rings. The highest BCUT2D eigenvalue weighted by molar-refractivity contribution is 5.92. The summed E-state index contributed by atoms with van der Waals surface area (Å²) in [5.41, 5.74) is 7.48. The van der Waals surface area contributed by atoms with Crippen molar-refractivity contribution in [2.24, 2.45) is 0 Å². The van der Waals surface area contributed by atoms with Gasteiger partial charge in [-0.3, -0.25) is 4.79 Å². The van der Waals surface area contributed by atoms with Crippen molar-refractivity contribution >= 4 is 23.3 Å². The Hall–Kier alpha value is -2.24. The van der Waals surface area contributed by atoms with Gasteiger partial charge in [0.2, 0.25) is 5.91 Å². The van der Waals surface area contributed by atoms with Crippen LogP contribution in [0.4, 0.5) is 11.4 Å². The SMILES string of the molecule is CCOC(=O)c1ccc(N)c(NC2CNC(=O)C2)c1. The number of hydrogen-bond acceptors (Lipinski definition) is 5. The van der Waals surface area contributed by atoms with E-state index >= 15 is 0 Å². The smallest absolute Gasteiger partial charge is 0.338 e. The van der Waals surface area contributed by atoms with E-state index in [0.29, 0.717) is 36.5 Å². The number of hydrogen-bond donors (Lipinski definition) is 3. The van der Waals surface area contributed by atoms with E-state index in [9.17, 15) is 9.59 Å². The quantitative estimate of drug-likeness (QED) is 0.550. The molecular weight excluding hydrogens is 246 g/mol. The Bertz CT molecular complexity index is 502. The van der Waals surface area contributed by atoms with E-state index < -0.39 is 0 Å². The van der Waals surface area contributed by atoms with Crippen molar-refractivity contribution in [3.63, 3.8) is 0 Å². The third kappa shape index (κ3) is 3.15. The van der Waals surface area contributed by atoms with E-state index in [-0.39, 0.29) is 17.9 Å². The highest BCUT2D eigenvalue weighted by atomic mass is 16.5. The second-order valence-corrected chi connectivity index (χ2v) is 4.37. The van der Waals surface area contributed by atoms with Gasteiger partial charge < -0.3 is 21.1 Å². The molecule has 0 spiro atoms. The van der Waals surface area contributed by atoms with E-state index in [1.54, 1.807) is 25.1 Å². The Balaban J connectivity index is 2.13. The van der Waals surface area contributed by atoms with Gasteiger partial charge in [-0.1, -0.05) is 0 Å². The molecule has 6 nitrogen and oxygen atoms in total. The normalized spacial score (nSPS) is 17.9. The number of nitrogens with one attached hydrogen (secondary N) is 2. The summed E-state index contributed by atoms with van der Waals surface area (Å²) in [6, 6.07) is 4.91. The summed E-state index contributed by atoms with van der Waals surface area (Å²) in [4.78, 5) is 22.8. The summed E-state index contributed by atoms with van der Waals surface area (Å²) in [6.45, 7) is 2.64. The standard InChI is InChI=1S/C13H17N3O3/c1-2-19-13(18)8-3-4-10(14)11(5-8)16-9-6-12(17)15-7-9/h3-5,9,16H,2,6-7,14H2,1H3,(H,15,17). The second-order valence-electron chi connectivity index (χ2n) is 4.37. The minimum Gasteiger partial charge on any atom is -0.462 e. The number of anilines is 2. The van der Waals surface area contributed by atoms with Crippen LogP contribution in [0.5, 0.6) is 0 Å². The summed E-state index contributed by atoms with van der Waals surface area (Å²) in [5.74, 6) is -0.371. The van der Waals surface area contributed by atoms with Gasteiger partial charge in [-0.05, 0) is 25.1 Å². The van der Waals surface area contributed by atoms with Gasteiger partial charge in [0.1, 0.15) is 0 Å². The average molecular weight is 263 g/mol. The minimum atomic E-state index is -0.383. The molecule has 19 heavy (non-hydrogen) atoms. The molecule has 1 heterocycles. The topological polar surface area (TPSA) is 93.4 Å². The fourth-order valence-electron chi connectivity index (χ4n) is 1.95. The van der Waals surface area contributed by atoms with Crippen molar-refractivity contribution in [1.29, 1.82) is 0 Å². The first kappa shape index (κ1) is 13.2. The zero-order chi connectivity index (χ0) is 13.8. The summed E-state index contributed by atoms with van der Waals surface area (Å²) < 4.78 is 4.94. The maximum Gasteiger partial charge on any atom is 0.338 e. The number of benzene rings is 1. The lowest BCUT2D eigenvalue weighted by Crippen LogP contribution is -2.23. The van der Waals surface area contributed by atoms with Crippen LogP contribution in [-0.4, -0.2) is 31.1 Å². The molecule has 1 saturated heterocycles. The molecule has 102 valence electrons. The molecule has 0 aliphatic carbocycles. The van der Waals surface area contributed by atoms with Crippen molar-refractivity contribution in [3.05, 3.63) is 23.8 Å². The van der Waals surface area contributed by atoms with Gasteiger partial charge in [-0.15, -0.1) is 0 Å². The van der Waals surface area contributed by atoms with Gasteiger partial charge in [-0.2, -0.15) is 0 Å². The lowest BCUT2D eigenvalue weighted by atomic mass is 10.1. The van der Waals surface area contributed by atoms with E-state index in [4.69, 9.17) is 10.5 Å². The van der Waals surface area contributed by atoms with Gasteiger partial charge in [0, 0.05) is 13.0 Å².